The fourth-order valence-electron chi connectivity index (χ4n) is 1.95. The summed E-state index contributed by atoms with van der Waals surface area (Å²) in [5.74, 6) is -0.308. The molecular formula is C12H14Cl2N2O3. The van der Waals surface area contributed by atoms with E-state index in [9.17, 15) is 4.79 Å². The highest BCUT2D eigenvalue weighted by Crippen LogP contribution is 2.22. The molecule has 1 saturated heterocycles. The summed E-state index contributed by atoms with van der Waals surface area (Å²) in [5.41, 5.74) is 0.821. The Bertz CT molecular complexity index is 470. The summed E-state index contributed by atoms with van der Waals surface area (Å²) in [6, 6.07) is 1.18. The van der Waals surface area contributed by atoms with E-state index in [1.54, 1.807) is 12.3 Å². The molecule has 2 rings (SSSR count). The zero-order valence-corrected chi connectivity index (χ0v) is 11.9. The highest BCUT2D eigenvalue weighted by molar-refractivity contribution is 6.34. The van der Waals surface area contributed by atoms with E-state index in [0.29, 0.717) is 36.5 Å². The molecule has 1 fully saturated rings. The van der Waals surface area contributed by atoms with Crippen molar-refractivity contribution in [3.8, 4) is 0 Å². The number of aromatic nitrogens is 1. The first-order valence-corrected chi connectivity index (χ1v) is 6.57. The molecule has 1 aromatic rings. The maximum absolute atomic E-state index is 11.7. The molecular weight excluding hydrogens is 291 g/mol. The van der Waals surface area contributed by atoms with Crippen LogP contribution in [0.1, 0.15) is 5.56 Å². The van der Waals surface area contributed by atoms with Crippen molar-refractivity contribution in [2.75, 3.05) is 26.9 Å². The van der Waals surface area contributed by atoms with Gasteiger partial charge in [-0.25, -0.2) is 4.98 Å². The molecule has 1 aliphatic heterocycles. The van der Waals surface area contributed by atoms with Crippen LogP contribution in [0.25, 0.3) is 0 Å². The number of morpholine rings is 1. The first-order valence-electron chi connectivity index (χ1n) is 5.81. The predicted molar refractivity (Wildman–Crippen MR) is 71.3 cm³/mol. The van der Waals surface area contributed by atoms with Gasteiger partial charge in [-0.1, -0.05) is 23.2 Å². The van der Waals surface area contributed by atoms with E-state index in [1.807, 2.05) is 4.90 Å². The maximum atomic E-state index is 11.7. The molecule has 5 nitrogen and oxygen atoms in total. The standard InChI is InChI=1S/C12H14Cl2N2O3/c1-18-12(17)10-7-19-3-2-16(10)6-8-5-15-11(14)4-9(8)13/h4-5,10H,2-3,6-7H2,1H3. The lowest BCUT2D eigenvalue weighted by Crippen LogP contribution is -2.49. The summed E-state index contributed by atoms with van der Waals surface area (Å²) < 4.78 is 10.1. The van der Waals surface area contributed by atoms with E-state index in [4.69, 9.17) is 32.7 Å². The smallest absolute Gasteiger partial charge is 0.325 e. The number of nitrogens with zero attached hydrogens (tertiary/aromatic N) is 2. The number of carbonyl (C=O) groups excluding carboxylic acids is 1. The lowest BCUT2D eigenvalue weighted by Gasteiger charge is -2.33. The molecule has 0 radical (unpaired) electrons. The van der Waals surface area contributed by atoms with Crippen LogP contribution in [-0.2, 0) is 20.8 Å². The summed E-state index contributed by atoms with van der Waals surface area (Å²) in [7, 11) is 1.37. The largest absolute Gasteiger partial charge is 0.468 e. The number of hydrogen-bond acceptors (Lipinski definition) is 5. The van der Waals surface area contributed by atoms with E-state index < -0.39 is 6.04 Å². The van der Waals surface area contributed by atoms with Crippen molar-refractivity contribution < 1.29 is 14.3 Å². The van der Waals surface area contributed by atoms with Crippen LogP contribution in [-0.4, -0.2) is 48.8 Å². The minimum absolute atomic E-state index is 0.308. The monoisotopic (exact) mass is 304 g/mol. The Hall–Kier alpha value is -0.880. The van der Waals surface area contributed by atoms with E-state index in [1.165, 1.54) is 7.11 Å². The van der Waals surface area contributed by atoms with Crippen LogP contribution < -0.4 is 0 Å². The Kier molecular flexibility index (Phi) is 4.99. The SMILES string of the molecule is COC(=O)C1COCCN1Cc1cnc(Cl)cc1Cl. The van der Waals surface area contributed by atoms with Crippen LogP contribution in [0.4, 0.5) is 0 Å². The van der Waals surface area contributed by atoms with Crippen molar-refractivity contribution in [2.45, 2.75) is 12.6 Å². The first-order chi connectivity index (χ1) is 9.11. The molecule has 0 aromatic carbocycles. The number of carbonyl (C=O) groups is 1. The normalized spacial score (nSPS) is 20.3. The van der Waals surface area contributed by atoms with Crippen LogP contribution in [0.5, 0.6) is 0 Å². The zero-order chi connectivity index (χ0) is 13.8. The Morgan fingerprint density at radius 3 is 3.11 bits per heavy atom. The van der Waals surface area contributed by atoms with E-state index >= 15 is 0 Å². The van der Waals surface area contributed by atoms with Crippen molar-refractivity contribution >= 4 is 29.2 Å². The second-order valence-corrected chi connectivity index (χ2v) is 4.98. The highest BCUT2D eigenvalue weighted by Gasteiger charge is 2.30. The predicted octanol–water partition coefficient (Wildman–Crippen LogP) is 1.76. The fourth-order valence-corrected chi connectivity index (χ4v) is 2.38. The lowest BCUT2D eigenvalue weighted by molar-refractivity contribution is -0.153. The number of methoxy groups -OCH3 is 1. The van der Waals surface area contributed by atoms with Crippen LogP contribution in [0.15, 0.2) is 12.3 Å². The second kappa shape index (κ2) is 6.52. The third-order valence-electron chi connectivity index (χ3n) is 2.98. The van der Waals surface area contributed by atoms with Gasteiger partial charge in [-0.2, -0.15) is 0 Å². The van der Waals surface area contributed by atoms with Crippen molar-refractivity contribution in [3.63, 3.8) is 0 Å². The number of halogens is 2. The van der Waals surface area contributed by atoms with Gasteiger partial charge >= 0.3 is 5.97 Å². The third kappa shape index (κ3) is 3.57. The molecule has 7 heteroatoms. The van der Waals surface area contributed by atoms with Gasteiger partial charge in [-0.3, -0.25) is 9.69 Å². The van der Waals surface area contributed by atoms with Gasteiger partial charge in [0.1, 0.15) is 11.2 Å². The van der Waals surface area contributed by atoms with Crippen LogP contribution in [0.3, 0.4) is 0 Å². The van der Waals surface area contributed by atoms with Crippen molar-refractivity contribution in [1.29, 1.82) is 0 Å². The topological polar surface area (TPSA) is 51.7 Å². The number of pyridine rings is 1. The minimum atomic E-state index is -0.412. The van der Waals surface area contributed by atoms with Crippen LogP contribution >= 0.6 is 23.2 Å². The molecule has 1 aliphatic rings. The summed E-state index contributed by atoms with van der Waals surface area (Å²) >= 11 is 11.9. The highest BCUT2D eigenvalue weighted by atomic mass is 35.5. The second-order valence-electron chi connectivity index (χ2n) is 4.18. The van der Waals surface area contributed by atoms with Gasteiger partial charge in [0.25, 0.3) is 0 Å². The molecule has 19 heavy (non-hydrogen) atoms. The quantitative estimate of drug-likeness (QED) is 0.629. The summed E-state index contributed by atoms with van der Waals surface area (Å²) in [6.07, 6.45) is 1.62. The molecule has 1 atom stereocenters. The number of hydrogen-bond donors (Lipinski definition) is 0. The van der Waals surface area contributed by atoms with Crippen molar-refractivity contribution in [3.05, 3.63) is 28.0 Å². The van der Waals surface area contributed by atoms with E-state index in [0.717, 1.165) is 5.56 Å². The molecule has 2 heterocycles. The van der Waals surface area contributed by atoms with Gasteiger partial charge in [-0.05, 0) is 6.07 Å². The molecule has 1 aromatic heterocycles. The number of esters is 1. The Balaban J connectivity index is 2.13. The third-order valence-corrected chi connectivity index (χ3v) is 3.54. The number of ether oxygens (including phenoxy) is 2. The van der Waals surface area contributed by atoms with E-state index in [2.05, 4.69) is 4.98 Å². The maximum Gasteiger partial charge on any atom is 0.325 e. The van der Waals surface area contributed by atoms with E-state index in [-0.39, 0.29) is 5.97 Å². The van der Waals surface area contributed by atoms with Crippen molar-refractivity contribution in [1.82, 2.24) is 9.88 Å². The van der Waals surface area contributed by atoms with Crippen LogP contribution in [0, 0.1) is 0 Å². The molecule has 1 unspecified atom stereocenters. The zero-order valence-electron chi connectivity index (χ0n) is 10.4. The molecule has 0 aliphatic carbocycles. The summed E-state index contributed by atoms with van der Waals surface area (Å²) in [4.78, 5) is 17.7. The summed E-state index contributed by atoms with van der Waals surface area (Å²) in [5, 5.41) is 0.885. The Morgan fingerprint density at radius 1 is 1.63 bits per heavy atom. The van der Waals surface area contributed by atoms with Gasteiger partial charge in [-0.15, -0.1) is 0 Å². The Morgan fingerprint density at radius 2 is 2.42 bits per heavy atom. The first kappa shape index (κ1) is 14.5. The minimum Gasteiger partial charge on any atom is -0.468 e. The molecule has 0 N–H and O–H groups in total. The Labute approximate surface area is 121 Å². The van der Waals surface area contributed by atoms with Gasteiger partial charge < -0.3 is 9.47 Å². The average molecular weight is 305 g/mol. The average Bonchev–Trinajstić information content (AvgIpc) is 2.41. The molecule has 0 spiro atoms. The molecule has 0 bridgehead atoms. The van der Waals surface area contributed by atoms with Gasteiger partial charge in [0, 0.05) is 29.9 Å². The molecule has 104 valence electrons. The fraction of sp³-hybridized carbons (Fsp3) is 0.500. The van der Waals surface area contributed by atoms with Gasteiger partial charge in [0.05, 0.1) is 20.3 Å². The van der Waals surface area contributed by atoms with Crippen molar-refractivity contribution in [2.24, 2.45) is 0 Å². The van der Waals surface area contributed by atoms with Gasteiger partial charge in [0.15, 0.2) is 0 Å². The lowest BCUT2D eigenvalue weighted by atomic mass is 10.2. The van der Waals surface area contributed by atoms with Gasteiger partial charge in [0.2, 0.25) is 0 Å². The molecule has 0 saturated carbocycles. The molecule has 0 amide bonds. The van der Waals surface area contributed by atoms with Crippen LogP contribution in [0.2, 0.25) is 10.2 Å². The summed E-state index contributed by atoms with van der Waals surface area (Å²) in [6.45, 7) is 2.04. The number of rotatable bonds is 3.